The molecular formula is C13H19BrN2O2S. The van der Waals surface area contributed by atoms with Crippen LogP contribution in [-0.4, -0.2) is 45.5 Å². The zero-order valence-corrected chi connectivity index (χ0v) is 13.6. The Bertz CT molecular complexity index is 421. The van der Waals surface area contributed by atoms with Crippen molar-refractivity contribution in [2.45, 2.75) is 0 Å². The molecule has 0 unspecified atom stereocenters. The first-order chi connectivity index (χ1) is 9.10. The lowest BCUT2D eigenvalue weighted by Gasteiger charge is -2.26. The van der Waals surface area contributed by atoms with E-state index >= 15 is 0 Å². The van der Waals surface area contributed by atoms with E-state index in [2.05, 4.69) is 20.8 Å². The van der Waals surface area contributed by atoms with Crippen molar-refractivity contribution in [1.82, 2.24) is 0 Å². The summed E-state index contributed by atoms with van der Waals surface area (Å²) in [5.74, 6) is 0. The van der Waals surface area contributed by atoms with Gasteiger partial charge in [0, 0.05) is 43.0 Å². The first-order valence-corrected chi connectivity index (χ1v) is 7.12. The summed E-state index contributed by atoms with van der Waals surface area (Å²) in [5.41, 5.74) is 7.65. The first-order valence-electron chi connectivity index (χ1n) is 5.92. The molecule has 106 valence electrons. The molecule has 6 heteroatoms. The average molecular weight is 347 g/mol. The lowest BCUT2D eigenvalue weighted by atomic mass is 10.1. The van der Waals surface area contributed by atoms with E-state index in [0.29, 0.717) is 18.2 Å². The molecule has 1 rings (SSSR count). The summed E-state index contributed by atoms with van der Waals surface area (Å²) < 4.78 is 11.3. The van der Waals surface area contributed by atoms with Gasteiger partial charge in [-0.05, 0) is 18.2 Å². The van der Waals surface area contributed by atoms with E-state index in [1.54, 1.807) is 14.2 Å². The van der Waals surface area contributed by atoms with Crippen LogP contribution in [0.5, 0.6) is 0 Å². The van der Waals surface area contributed by atoms with Gasteiger partial charge >= 0.3 is 0 Å². The number of halogens is 1. The second-order valence-electron chi connectivity index (χ2n) is 4.00. The van der Waals surface area contributed by atoms with Gasteiger partial charge in [-0.1, -0.05) is 28.1 Å². The van der Waals surface area contributed by atoms with Gasteiger partial charge < -0.3 is 20.1 Å². The van der Waals surface area contributed by atoms with Crippen molar-refractivity contribution in [1.29, 1.82) is 0 Å². The molecule has 0 saturated heterocycles. The van der Waals surface area contributed by atoms with Crippen molar-refractivity contribution in [2.75, 3.05) is 45.4 Å². The minimum atomic E-state index is 0.391. The SMILES string of the molecule is COCCN(CCOC)c1cc(Br)ccc1C(N)=S. The Hall–Kier alpha value is -0.690. The second kappa shape index (κ2) is 8.47. The van der Waals surface area contributed by atoms with Gasteiger partial charge in [0.15, 0.2) is 0 Å². The number of ether oxygens (including phenoxy) is 2. The minimum Gasteiger partial charge on any atom is -0.389 e. The van der Waals surface area contributed by atoms with Crippen LogP contribution in [0, 0.1) is 0 Å². The Morgan fingerprint density at radius 3 is 2.32 bits per heavy atom. The maximum atomic E-state index is 5.79. The Morgan fingerprint density at radius 1 is 1.26 bits per heavy atom. The van der Waals surface area contributed by atoms with Gasteiger partial charge in [0.1, 0.15) is 4.99 Å². The van der Waals surface area contributed by atoms with Gasteiger partial charge in [0.2, 0.25) is 0 Å². The van der Waals surface area contributed by atoms with E-state index in [1.807, 2.05) is 18.2 Å². The van der Waals surface area contributed by atoms with Gasteiger partial charge in [-0.2, -0.15) is 0 Å². The van der Waals surface area contributed by atoms with Gasteiger partial charge in [-0.15, -0.1) is 0 Å². The number of thiocarbonyl (C=S) groups is 1. The Labute approximate surface area is 128 Å². The molecule has 19 heavy (non-hydrogen) atoms. The van der Waals surface area contributed by atoms with Crippen molar-refractivity contribution in [3.63, 3.8) is 0 Å². The Balaban J connectivity index is 3.03. The molecule has 1 aromatic carbocycles. The number of rotatable bonds is 8. The van der Waals surface area contributed by atoms with Crippen LogP contribution in [-0.2, 0) is 9.47 Å². The number of nitrogens with zero attached hydrogens (tertiary/aromatic N) is 1. The summed E-state index contributed by atoms with van der Waals surface area (Å²) in [6, 6.07) is 5.87. The maximum Gasteiger partial charge on any atom is 0.106 e. The monoisotopic (exact) mass is 346 g/mol. The zero-order valence-electron chi connectivity index (χ0n) is 11.2. The highest BCUT2D eigenvalue weighted by Crippen LogP contribution is 2.25. The molecular weight excluding hydrogens is 328 g/mol. The van der Waals surface area contributed by atoms with Crippen molar-refractivity contribution >= 4 is 38.8 Å². The molecule has 0 bridgehead atoms. The molecule has 0 saturated carbocycles. The summed E-state index contributed by atoms with van der Waals surface area (Å²) in [6.07, 6.45) is 0. The molecule has 0 spiro atoms. The van der Waals surface area contributed by atoms with Crippen LogP contribution in [0.2, 0.25) is 0 Å². The number of benzene rings is 1. The first kappa shape index (κ1) is 16.4. The second-order valence-corrected chi connectivity index (χ2v) is 5.35. The summed E-state index contributed by atoms with van der Waals surface area (Å²) in [6.45, 7) is 2.78. The standard InChI is InChI=1S/C13H19BrN2O2S/c1-17-7-5-16(6-8-18-2)12-9-10(14)3-4-11(12)13(15)19/h3-4,9H,5-8H2,1-2H3,(H2,15,19). The highest BCUT2D eigenvalue weighted by molar-refractivity contribution is 9.10. The van der Waals surface area contributed by atoms with E-state index in [1.165, 1.54) is 0 Å². The smallest absolute Gasteiger partial charge is 0.106 e. The van der Waals surface area contributed by atoms with Crippen LogP contribution in [0.4, 0.5) is 5.69 Å². The third-order valence-electron chi connectivity index (χ3n) is 2.70. The van der Waals surface area contributed by atoms with Gasteiger partial charge in [-0.25, -0.2) is 0 Å². The fourth-order valence-electron chi connectivity index (χ4n) is 1.73. The highest BCUT2D eigenvalue weighted by Gasteiger charge is 2.13. The molecule has 0 radical (unpaired) electrons. The third-order valence-corrected chi connectivity index (χ3v) is 3.41. The number of anilines is 1. The maximum absolute atomic E-state index is 5.79. The quantitative estimate of drug-likeness (QED) is 0.731. The van der Waals surface area contributed by atoms with Crippen molar-refractivity contribution in [2.24, 2.45) is 5.73 Å². The van der Waals surface area contributed by atoms with Crippen LogP contribution in [0.15, 0.2) is 22.7 Å². The third kappa shape index (κ3) is 5.06. The van der Waals surface area contributed by atoms with Crippen LogP contribution in [0.3, 0.4) is 0 Å². The Morgan fingerprint density at radius 2 is 1.84 bits per heavy atom. The van der Waals surface area contributed by atoms with Crippen LogP contribution in [0.25, 0.3) is 0 Å². The molecule has 0 aromatic heterocycles. The highest BCUT2D eigenvalue weighted by atomic mass is 79.9. The van der Waals surface area contributed by atoms with Crippen LogP contribution in [0.1, 0.15) is 5.56 Å². The fourth-order valence-corrected chi connectivity index (χ4v) is 2.25. The fraction of sp³-hybridized carbons (Fsp3) is 0.462. The van der Waals surface area contributed by atoms with Crippen molar-refractivity contribution < 1.29 is 9.47 Å². The van der Waals surface area contributed by atoms with E-state index in [-0.39, 0.29) is 0 Å². The molecule has 0 aliphatic heterocycles. The average Bonchev–Trinajstić information content (AvgIpc) is 2.38. The van der Waals surface area contributed by atoms with Gasteiger partial charge in [-0.3, -0.25) is 0 Å². The molecule has 2 N–H and O–H groups in total. The van der Waals surface area contributed by atoms with Gasteiger partial charge in [0.25, 0.3) is 0 Å². The number of hydrogen-bond acceptors (Lipinski definition) is 4. The summed E-state index contributed by atoms with van der Waals surface area (Å²) in [7, 11) is 3.37. The summed E-state index contributed by atoms with van der Waals surface area (Å²) in [4.78, 5) is 2.55. The lowest BCUT2D eigenvalue weighted by Crippen LogP contribution is -2.32. The zero-order chi connectivity index (χ0) is 14.3. The number of nitrogens with two attached hydrogens (primary N) is 1. The largest absolute Gasteiger partial charge is 0.389 e. The van der Waals surface area contributed by atoms with Gasteiger partial charge in [0.05, 0.1) is 13.2 Å². The van der Waals surface area contributed by atoms with Crippen LogP contribution < -0.4 is 10.6 Å². The normalized spacial score (nSPS) is 10.5. The molecule has 0 fully saturated rings. The van der Waals surface area contributed by atoms with E-state index < -0.39 is 0 Å². The molecule has 0 amide bonds. The summed E-state index contributed by atoms with van der Waals surface area (Å²) >= 11 is 8.59. The minimum absolute atomic E-state index is 0.391. The predicted octanol–water partition coefficient (Wildman–Crippen LogP) is 2.18. The molecule has 0 aliphatic carbocycles. The Kier molecular flexibility index (Phi) is 7.30. The molecule has 0 heterocycles. The molecule has 1 aromatic rings. The topological polar surface area (TPSA) is 47.7 Å². The molecule has 0 atom stereocenters. The molecule has 4 nitrogen and oxygen atoms in total. The van der Waals surface area contributed by atoms with Crippen molar-refractivity contribution in [3.05, 3.63) is 28.2 Å². The van der Waals surface area contributed by atoms with E-state index in [9.17, 15) is 0 Å². The predicted molar refractivity (Wildman–Crippen MR) is 86.0 cm³/mol. The van der Waals surface area contributed by atoms with Crippen molar-refractivity contribution in [3.8, 4) is 0 Å². The van der Waals surface area contributed by atoms with Crippen LogP contribution >= 0.6 is 28.1 Å². The number of hydrogen-bond donors (Lipinski definition) is 1. The molecule has 0 aliphatic rings. The lowest BCUT2D eigenvalue weighted by molar-refractivity contribution is 0.190. The van der Waals surface area contributed by atoms with E-state index in [0.717, 1.165) is 28.8 Å². The number of methoxy groups -OCH3 is 2. The van der Waals surface area contributed by atoms with E-state index in [4.69, 9.17) is 27.4 Å². The summed E-state index contributed by atoms with van der Waals surface area (Å²) in [5, 5.41) is 0.